The van der Waals surface area contributed by atoms with E-state index in [1.165, 1.54) is 46.1 Å². The lowest BCUT2D eigenvalue weighted by Gasteiger charge is -2.30. The van der Waals surface area contributed by atoms with Crippen LogP contribution in [0, 0.1) is 12.1 Å². The van der Waals surface area contributed by atoms with Crippen molar-refractivity contribution < 1.29 is 13.2 Å². The van der Waals surface area contributed by atoms with Crippen LogP contribution in [-0.4, -0.2) is 30.8 Å². The maximum atomic E-state index is 13.3. The summed E-state index contributed by atoms with van der Waals surface area (Å²) in [5.74, 6) is -0.371. The highest BCUT2D eigenvalue weighted by Crippen LogP contribution is 2.32. The number of hydrogen-bond donors (Lipinski definition) is 1. The Kier molecular flexibility index (Phi) is 5.54. The summed E-state index contributed by atoms with van der Waals surface area (Å²) in [7, 11) is -3.73. The molecule has 0 saturated heterocycles. The van der Waals surface area contributed by atoms with Crippen molar-refractivity contribution in [1.29, 1.82) is 0 Å². The minimum atomic E-state index is -3.73. The molecule has 0 atom stereocenters. The van der Waals surface area contributed by atoms with E-state index in [1.807, 2.05) is 24.3 Å². The molecule has 1 N–H and O–H groups in total. The van der Waals surface area contributed by atoms with E-state index in [1.54, 1.807) is 11.4 Å². The summed E-state index contributed by atoms with van der Waals surface area (Å²) in [5, 5.41) is 4.96. The van der Waals surface area contributed by atoms with Crippen LogP contribution in [0.25, 0.3) is 11.4 Å². The molecule has 164 valence electrons. The van der Waals surface area contributed by atoms with Crippen LogP contribution in [0.4, 0.5) is 10.8 Å². The normalized spacial score (nSPS) is 13.2. The van der Waals surface area contributed by atoms with Crippen LogP contribution in [0.2, 0.25) is 0 Å². The molecule has 7 nitrogen and oxygen atoms in total. The monoisotopic (exact) mass is 474 g/mol. The van der Waals surface area contributed by atoms with Crippen LogP contribution in [0.5, 0.6) is 0 Å². The Labute approximate surface area is 195 Å². The molecule has 5 rings (SSSR count). The molecule has 0 saturated carbocycles. The van der Waals surface area contributed by atoms with E-state index < -0.39 is 10.0 Å². The Hall–Kier alpha value is -3.74. The molecule has 0 bridgehead atoms. The number of carbonyl (C=O) groups excluding carboxylic acids is 1. The number of amides is 1. The molecule has 3 heterocycles. The molecule has 4 aromatic rings. The Morgan fingerprint density at radius 3 is 2.67 bits per heavy atom. The zero-order chi connectivity index (χ0) is 22.8. The molecule has 2 aromatic heterocycles. The predicted octanol–water partition coefficient (Wildman–Crippen LogP) is 4.20. The number of aromatic nitrogens is 2. The summed E-state index contributed by atoms with van der Waals surface area (Å²) < 4.78 is 28.0. The van der Waals surface area contributed by atoms with E-state index in [-0.39, 0.29) is 10.8 Å². The molecule has 1 aliphatic heterocycles. The average molecular weight is 475 g/mol. The highest BCUT2D eigenvalue weighted by atomic mass is 32.2. The molecule has 0 spiro atoms. The van der Waals surface area contributed by atoms with Gasteiger partial charge < -0.3 is 0 Å². The topological polar surface area (TPSA) is 92.3 Å². The standard InChI is InChI=1S/C24H18N4O3S2/c29-23(27-24-26-21(16-32-24)20-8-3-4-14-25-20)18-10-12-19(13-11-18)33(30,31)28-15-5-7-17-6-1-2-9-22(17)28/h1-2,6,8-14,16H,5,7,15H2,(H,26,27,29). The highest BCUT2D eigenvalue weighted by molar-refractivity contribution is 7.92. The molecule has 2 aromatic carbocycles. The predicted molar refractivity (Wildman–Crippen MR) is 127 cm³/mol. The molecule has 0 aliphatic carbocycles. The van der Waals surface area contributed by atoms with Crippen molar-refractivity contribution >= 4 is 38.1 Å². The van der Waals surface area contributed by atoms with E-state index >= 15 is 0 Å². The van der Waals surface area contributed by atoms with Crippen molar-refractivity contribution in [2.75, 3.05) is 16.2 Å². The van der Waals surface area contributed by atoms with Gasteiger partial charge in [0.15, 0.2) is 5.13 Å². The smallest absolute Gasteiger partial charge is 0.264 e. The fraction of sp³-hybridized carbons (Fsp3) is 0.125. The van der Waals surface area contributed by atoms with Gasteiger partial charge in [0.2, 0.25) is 0 Å². The van der Waals surface area contributed by atoms with Gasteiger partial charge in [-0.3, -0.25) is 14.4 Å². The van der Waals surface area contributed by atoms with Gasteiger partial charge in [-0.05, 0) is 54.8 Å². The van der Waals surface area contributed by atoms with Gasteiger partial charge in [-0.25, -0.2) is 18.4 Å². The Morgan fingerprint density at radius 2 is 1.88 bits per heavy atom. The number of hydrogen-bond acceptors (Lipinski definition) is 6. The average Bonchev–Trinajstić information content (AvgIpc) is 3.33. The summed E-state index contributed by atoms with van der Waals surface area (Å²) in [6, 6.07) is 20.7. The maximum Gasteiger partial charge on any atom is 0.264 e. The highest BCUT2D eigenvalue weighted by Gasteiger charge is 2.29. The van der Waals surface area contributed by atoms with E-state index in [2.05, 4.69) is 27.4 Å². The number of para-hydroxylation sites is 1. The Balaban J connectivity index is 1.33. The second-order valence-corrected chi connectivity index (χ2v) is 10.1. The fourth-order valence-electron chi connectivity index (χ4n) is 3.70. The molecule has 0 unspecified atom stereocenters. The number of aryl methyl sites for hydroxylation is 1. The van der Waals surface area contributed by atoms with Gasteiger partial charge in [-0.15, -0.1) is 11.3 Å². The lowest BCUT2D eigenvalue weighted by molar-refractivity contribution is 0.102. The number of benzene rings is 2. The van der Waals surface area contributed by atoms with E-state index in [0.717, 1.165) is 18.4 Å². The molecular weight excluding hydrogens is 456 g/mol. The summed E-state index contributed by atoms with van der Waals surface area (Å²) in [4.78, 5) is 21.3. The molecule has 33 heavy (non-hydrogen) atoms. The second kappa shape index (κ2) is 8.65. The third-order valence-electron chi connectivity index (χ3n) is 5.32. The maximum absolute atomic E-state index is 13.3. The van der Waals surface area contributed by atoms with Crippen LogP contribution in [0.15, 0.2) is 71.1 Å². The summed E-state index contributed by atoms with van der Waals surface area (Å²) in [5.41, 5.74) is 3.34. The van der Waals surface area contributed by atoms with Crippen molar-refractivity contribution in [2.24, 2.45) is 0 Å². The minimum Gasteiger partial charge on any atom is -0.298 e. The van der Waals surface area contributed by atoms with Crippen LogP contribution in [0.1, 0.15) is 22.3 Å². The Morgan fingerprint density at radius 1 is 1.06 bits per heavy atom. The molecule has 1 aliphatic rings. The van der Waals surface area contributed by atoms with Crippen LogP contribution < -0.4 is 9.62 Å². The number of anilines is 2. The number of nitrogens with one attached hydrogen (secondary N) is 1. The summed E-state index contributed by atoms with van der Waals surface area (Å²) >= 11 is 1.28. The molecular formula is C24H18N4O3S2. The number of fused-ring (bicyclic) bond motifs is 1. The van der Waals surface area contributed by atoms with Gasteiger partial charge >= 0.3 is 0 Å². The lowest BCUT2D eigenvalue weighted by Crippen LogP contribution is -2.35. The van der Waals surface area contributed by atoms with E-state index in [9.17, 15) is 13.2 Å². The molecule has 0 radical (unpaired) electrons. The van der Waals surface area contributed by atoms with Crippen LogP contribution >= 0.6 is 11.3 Å². The Bertz CT molecular complexity index is 1400. The summed E-state index contributed by atoms with van der Waals surface area (Å²) in [6.45, 7) is 0.431. The SMILES string of the molecule is O=C(Nc1nc(-c2cc#ccn2)cs1)c1ccc(S(=O)(=O)N2CCCc3ccccc32)cc1. The molecule has 1 amide bonds. The number of thiazole rings is 1. The van der Waals surface area contributed by atoms with Crippen molar-refractivity contribution in [1.82, 2.24) is 9.97 Å². The third-order valence-corrected chi connectivity index (χ3v) is 7.90. The van der Waals surface area contributed by atoms with Gasteiger partial charge in [0.1, 0.15) is 5.69 Å². The van der Waals surface area contributed by atoms with Crippen LogP contribution in [0.3, 0.4) is 0 Å². The van der Waals surface area contributed by atoms with Gasteiger partial charge in [0.25, 0.3) is 15.9 Å². The molecule has 0 fully saturated rings. The van der Waals surface area contributed by atoms with Crippen molar-refractivity contribution in [3.63, 3.8) is 0 Å². The first-order valence-electron chi connectivity index (χ1n) is 10.2. The minimum absolute atomic E-state index is 0.149. The van der Waals surface area contributed by atoms with Gasteiger partial charge in [0.05, 0.1) is 22.5 Å². The number of nitrogens with zero attached hydrogens (tertiary/aromatic N) is 3. The quantitative estimate of drug-likeness (QED) is 0.468. The number of carbonyl (C=O) groups is 1. The number of sulfonamides is 1. The van der Waals surface area contributed by atoms with E-state index in [4.69, 9.17) is 0 Å². The fourth-order valence-corrected chi connectivity index (χ4v) is 5.94. The van der Waals surface area contributed by atoms with Crippen molar-refractivity contribution in [3.05, 3.63) is 89.4 Å². The largest absolute Gasteiger partial charge is 0.298 e. The zero-order valence-electron chi connectivity index (χ0n) is 17.4. The van der Waals surface area contributed by atoms with Crippen molar-refractivity contribution in [3.8, 4) is 11.4 Å². The van der Waals surface area contributed by atoms with Gasteiger partial charge in [-0.2, -0.15) is 0 Å². The van der Waals surface area contributed by atoms with Gasteiger partial charge in [-0.1, -0.05) is 24.3 Å². The van der Waals surface area contributed by atoms with Crippen molar-refractivity contribution in [2.45, 2.75) is 17.7 Å². The zero-order valence-corrected chi connectivity index (χ0v) is 19.0. The van der Waals surface area contributed by atoms with E-state index in [0.29, 0.717) is 34.3 Å². The first-order chi connectivity index (χ1) is 16.0. The number of rotatable bonds is 5. The van der Waals surface area contributed by atoms with Gasteiger partial charge in [0, 0.05) is 23.6 Å². The lowest BCUT2D eigenvalue weighted by atomic mass is 10.0. The summed E-state index contributed by atoms with van der Waals surface area (Å²) in [6.07, 6.45) is 3.13. The second-order valence-electron chi connectivity index (χ2n) is 7.40. The first-order valence-corrected chi connectivity index (χ1v) is 12.6. The first kappa shape index (κ1) is 21.1. The third kappa shape index (κ3) is 4.18. The van der Waals surface area contributed by atoms with Crippen LogP contribution in [-0.2, 0) is 16.4 Å². The molecule has 9 heteroatoms.